The number of aliphatic hydroxyl groups is 1. The van der Waals surface area contributed by atoms with Gasteiger partial charge in [0.15, 0.2) is 10.8 Å². The topological polar surface area (TPSA) is 89.8 Å². The molecular weight excluding hydrogens is 242 g/mol. The second-order valence-electron chi connectivity index (χ2n) is 3.98. The van der Waals surface area contributed by atoms with Crippen molar-refractivity contribution in [3.05, 3.63) is 17.1 Å². The summed E-state index contributed by atoms with van der Waals surface area (Å²) in [5.74, 6) is 0.388. The van der Waals surface area contributed by atoms with E-state index in [1.54, 1.807) is 10.9 Å². The summed E-state index contributed by atoms with van der Waals surface area (Å²) < 4.78 is 1.75. The number of rotatable bonds is 2. The molecular formula is C10H10ClN5O. The van der Waals surface area contributed by atoms with Gasteiger partial charge in [-0.25, -0.2) is 4.98 Å². The predicted molar refractivity (Wildman–Crippen MR) is 64.2 cm³/mol. The van der Waals surface area contributed by atoms with E-state index in [9.17, 15) is 0 Å². The fraction of sp³-hybridized carbons (Fsp3) is 0.300. The summed E-state index contributed by atoms with van der Waals surface area (Å²) in [6, 6.07) is 0. The smallest absolute Gasteiger partial charge is 0.223 e. The van der Waals surface area contributed by atoms with E-state index < -0.39 is 0 Å². The van der Waals surface area contributed by atoms with Gasteiger partial charge < -0.3 is 10.8 Å². The minimum Gasteiger partial charge on any atom is -0.396 e. The Morgan fingerprint density at radius 3 is 3.12 bits per heavy atom. The molecule has 1 fully saturated rings. The number of aliphatic hydroxyl groups excluding tert-OH is 1. The average molecular weight is 252 g/mol. The monoisotopic (exact) mass is 251 g/mol. The Bertz CT molecular complexity index is 620. The molecule has 6 nitrogen and oxygen atoms in total. The van der Waals surface area contributed by atoms with Gasteiger partial charge in [-0.3, -0.25) is 4.57 Å². The minimum absolute atomic E-state index is 0.122. The van der Waals surface area contributed by atoms with Gasteiger partial charge in [0.05, 0.1) is 0 Å². The lowest BCUT2D eigenvalue weighted by Gasteiger charge is -1.97. The molecule has 0 bridgehead atoms. The van der Waals surface area contributed by atoms with Crippen LogP contribution in [0.5, 0.6) is 0 Å². The number of nitrogens with zero attached hydrogens (tertiary/aromatic N) is 4. The van der Waals surface area contributed by atoms with Crippen molar-refractivity contribution in [2.24, 2.45) is 5.92 Å². The first kappa shape index (κ1) is 10.5. The highest BCUT2D eigenvalue weighted by atomic mass is 35.5. The van der Waals surface area contributed by atoms with Gasteiger partial charge in [0.1, 0.15) is 11.8 Å². The van der Waals surface area contributed by atoms with E-state index in [0.29, 0.717) is 11.2 Å². The zero-order chi connectivity index (χ0) is 12.0. The summed E-state index contributed by atoms with van der Waals surface area (Å²) in [5, 5.41) is 9.22. The Balaban J connectivity index is 2.09. The number of hydrogen-bond donors (Lipinski definition) is 2. The van der Waals surface area contributed by atoms with E-state index in [2.05, 4.69) is 15.0 Å². The van der Waals surface area contributed by atoms with E-state index in [1.807, 2.05) is 6.20 Å². The molecule has 1 unspecified atom stereocenters. The number of halogens is 1. The quantitative estimate of drug-likeness (QED) is 0.775. The van der Waals surface area contributed by atoms with Crippen LogP contribution >= 0.6 is 11.6 Å². The Labute approximate surface area is 102 Å². The number of anilines is 1. The summed E-state index contributed by atoms with van der Waals surface area (Å²) >= 11 is 5.92. The molecule has 7 heteroatoms. The summed E-state index contributed by atoms with van der Waals surface area (Å²) in [6.45, 7) is 0.177. The summed E-state index contributed by atoms with van der Waals surface area (Å²) in [6.07, 6.45) is 4.42. The van der Waals surface area contributed by atoms with Crippen LogP contribution in [-0.2, 0) is 0 Å². The predicted octanol–water partition coefficient (Wildman–Crippen LogP) is 0.915. The van der Waals surface area contributed by atoms with Crippen molar-refractivity contribution < 1.29 is 5.11 Å². The third-order valence-electron chi connectivity index (χ3n) is 2.77. The molecule has 2 aromatic rings. The standard InChI is InChI=1S/C10H10ClN5O/c11-8-7-9(15-10(12)14-8)16(4-13-7)2-5-1-6(5)3-17/h2,4,6,17H,1,3H2,(H2,12,14,15). The maximum absolute atomic E-state index is 8.97. The lowest BCUT2D eigenvalue weighted by molar-refractivity contribution is 0.281. The van der Waals surface area contributed by atoms with Crippen LogP contribution in [0, 0.1) is 5.92 Å². The molecule has 3 rings (SSSR count). The minimum atomic E-state index is 0.122. The molecule has 0 radical (unpaired) electrons. The van der Waals surface area contributed by atoms with E-state index >= 15 is 0 Å². The number of nitrogens with two attached hydrogens (primary N) is 1. The molecule has 88 valence electrons. The summed E-state index contributed by atoms with van der Waals surface area (Å²) in [7, 11) is 0. The summed E-state index contributed by atoms with van der Waals surface area (Å²) in [4.78, 5) is 12.1. The van der Waals surface area contributed by atoms with Crippen molar-refractivity contribution in [1.82, 2.24) is 19.5 Å². The van der Waals surface area contributed by atoms with Crippen LogP contribution < -0.4 is 5.73 Å². The third-order valence-corrected chi connectivity index (χ3v) is 3.03. The molecule has 0 amide bonds. The SMILES string of the molecule is Nc1nc(Cl)c2ncn(C=C3CC3CO)c2n1. The lowest BCUT2D eigenvalue weighted by Crippen LogP contribution is -1.97. The number of nitrogen functional groups attached to an aromatic ring is 1. The number of hydrogen-bond acceptors (Lipinski definition) is 5. The Morgan fingerprint density at radius 2 is 2.41 bits per heavy atom. The van der Waals surface area contributed by atoms with Crippen LogP contribution in [0.2, 0.25) is 5.15 Å². The molecule has 1 saturated carbocycles. The summed E-state index contributed by atoms with van der Waals surface area (Å²) in [5.41, 5.74) is 7.82. The van der Waals surface area contributed by atoms with E-state index in [1.165, 1.54) is 5.57 Å². The fourth-order valence-electron chi connectivity index (χ4n) is 1.74. The maximum atomic E-state index is 8.97. The fourth-order valence-corrected chi connectivity index (χ4v) is 1.96. The van der Waals surface area contributed by atoms with E-state index in [0.717, 1.165) is 6.42 Å². The highest BCUT2D eigenvalue weighted by Gasteiger charge is 2.28. The third kappa shape index (κ3) is 1.75. The van der Waals surface area contributed by atoms with Gasteiger partial charge in [0, 0.05) is 18.7 Å². The molecule has 1 aliphatic carbocycles. The van der Waals surface area contributed by atoms with Crippen LogP contribution in [0.25, 0.3) is 17.4 Å². The largest absolute Gasteiger partial charge is 0.396 e. The lowest BCUT2D eigenvalue weighted by atomic mass is 10.4. The van der Waals surface area contributed by atoms with E-state index in [4.69, 9.17) is 22.4 Å². The molecule has 2 heterocycles. The van der Waals surface area contributed by atoms with Crippen LogP contribution in [0.1, 0.15) is 6.42 Å². The Hall–Kier alpha value is -1.66. The highest BCUT2D eigenvalue weighted by molar-refractivity contribution is 6.33. The molecule has 3 N–H and O–H groups in total. The normalized spacial score (nSPS) is 21.3. The number of fused-ring (bicyclic) bond motifs is 1. The molecule has 17 heavy (non-hydrogen) atoms. The van der Waals surface area contributed by atoms with E-state index in [-0.39, 0.29) is 23.6 Å². The Kier molecular flexibility index (Phi) is 2.27. The van der Waals surface area contributed by atoms with Gasteiger partial charge in [-0.15, -0.1) is 0 Å². The first-order valence-electron chi connectivity index (χ1n) is 5.16. The van der Waals surface area contributed by atoms with Crippen molar-refractivity contribution in [3.8, 4) is 0 Å². The molecule has 0 aliphatic heterocycles. The molecule has 0 aromatic carbocycles. The van der Waals surface area contributed by atoms with Crippen LogP contribution in [-0.4, -0.2) is 31.2 Å². The van der Waals surface area contributed by atoms with Gasteiger partial charge in [-0.05, 0) is 12.0 Å². The van der Waals surface area contributed by atoms with Crippen molar-refractivity contribution >= 4 is 34.9 Å². The molecule has 2 aromatic heterocycles. The zero-order valence-electron chi connectivity index (χ0n) is 8.84. The van der Waals surface area contributed by atoms with Crippen molar-refractivity contribution in [1.29, 1.82) is 0 Å². The first-order chi connectivity index (χ1) is 8.19. The molecule has 0 spiro atoms. The second kappa shape index (κ2) is 3.68. The average Bonchev–Trinajstić information content (AvgIpc) is 2.92. The van der Waals surface area contributed by atoms with Crippen LogP contribution in [0.4, 0.5) is 5.95 Å². The van der Waals surface area contributed by atoms with Gasteiger partial charge in [0.25, 0.3) is 0 Å². The van der Waals surface area contributed by atoms with Crippen LogP contribution in [0.15, 0.2) is 11.9 Å². The number of imidazole rings is 1. The van der Waals surface area contributed by atoms with Gasteiger partial charge in [-0.2, -0.15) is 9.97 Å². The Morgan fingerprint density at radius 1 is 1.59 bits per heavy atom. The number of aromatic nitrogens is 4. The van der Waals surface area contributed by atoms with Gasteiger partial charge >= 0.3 is 0 Å². The van der Waals surface area contributed by atoms with Crippen molar-refractivity contribution in [2.45, 2.75) is 6.42 Å². The molecule has 1 aliphatic rings. The molecule has 1 atom stereocenters. The first-order valence-corrected chi connectivity index (χ1v) is 5.54. The second-order valence-corrected chi connectivity index (χ2v) is 4.34. The molecule has 0 saturated heterocycles. The van der Waals surface area contributed by atoms with Crippen LogP contribution in [0.3, 0.4) is 0 Å². The zero-order valence-corrected chi connectivity index (χ0v) is 9.59. The highest BCUT2D eigenvalue weighted by Crippen LogP contribution is 2.37. The van der Waals surface area contributed by atoms with Crippen molar-refractivity contribution in [2.75, 3.05) is 12.3 Å². The van der Waals surface area contributed by atoms with Gasteiger partial charge in [0.2, 0.25) is 5.95 Å². The van der Waals surface area contributed by atoms with Crippen molar-refractivity contribution in [3.63, 3.8) is 0 Å². The maximum Gasteiger partial charge on any atom is 0.223 e. The van der Waals surface area contributed by atoms with Gasteiger partial charge in [-0.1, -0.05) is 11.6 Å².